The molecule has 65 heavy (non-hydrogen) atoms. The molecule has 2 saturated heterocycles. The molecule has 0 bridgehead atoms. The van der Waals surface area contributed by atoms with Gasteiger partial charge in [0, 0.05) is 84.7 Å². The van der Waals surface area contributed by atoms with Crippen LogP contribution in [0.2, 0.25) is 5.02 Å². The van der Waals surface area contributed by atoms with Gasteiger partial charge in [-0.2, -0.15) is 0 Å². The number of allylic oxidation sites excluding steroid dienone is 1. The van der Waals surface area contributed by atoms with Crippen molar-refractivity contribution in [2.75, 3.05) is 83.7 Å². The lowest BCUT2D eigenvalue weighted by molar-refractivity contribution is -0.384. The Balaban J connectivity index is 1.00. The van der Waals surface area contributed by atoms with Crippen LogP contribution in [0.4, 0.5) is 17.1 Å². The number of ether oxygens (including phenoxy) is 1. The Morgan fingerprint density at radius 2 is 1.66 bits per heavy atom. The second-order valence-corrected chi connectivity index (χ2v) is 21.0. The van der Waals surface area contributed by atoms with E-state index in [1.165, 1.54) is 28.8 Å². The van der Waals surface area contributed by atoms with Gasteiger partial charge in [0.05, 0.1) is 15.4 Å². The van der Waals surface area contributed by atoms with E-state index in [0.717, 1.165) is 106 Å². The van der Waals surface area contributed by atoms with Gasteiger partial charge in [-0.15, -0.1) is 0 Å². The van der Waals surface area contributed by atoms with Crippen LogP contribution in [0, 0.1) is 15.5 Å². The lowest BCUT2D eigenvalue weighted by Gasteiger charge is -2.45. The molecule has 0 spiro atoms. The van der Waals surface area contributed by atoms with Crippen molar-refractivity contribution in [1.29, 1.82) is 0 Å². The number of hydrogen-bond donors (Lipinski definition) is 3. The molecule has 344 valence electrons. The smallest absolute Gasteiger partial charge is 0.293 e. The molecule has 0 unspecified atom stereocenters. The molecule has 1 aromatic heterocycles. The van der Waals surface area contributed by atoms with Crippen molar-refractivity contribution in [2.45, 2.75) is 56.4 Å². The van der Waals surface area contributed by atoms with Gasteiger partial charge in [-0.1, -0.05) is 43.2 Å². The minimum absolute atomic E-state index is 0.00749. The van der Waals surface area contributed by atoms with Crippen molar-refractivity contribution in [3.05, 3.63) is 123 Å². The van der Waals surface area contributed by atoms with Gasteiger partial charge in [0.15, 0.2) is 0 Å². The monoisotopic (exact) mass is 922 g/mol. The van der Waals surface area contributed by atoms with Gasteiger partial charge in [-0.3, -0.25) is 19.8 Å². The van der Waals surface area contributed by atoms with Gasteiger partial charge in [0.1, 0.15) is 17.2 Å². The number of nitro benzene ring substituents is 1. The van der Waals surface area contributed by atoms with E-state index in [2.05, 4.69) is 67.7 Å². The fourth-order valence-electron chi connectivity index (χ4n) is 9.39. The van der Waals surface area contributed by atoms with Gasteiger partial charge in [-0.05, 0) is 144 Å². The number of fused-ring (bicyclic) bond motifs is 1. The van der Waals surface area contributed by atoms with Crippen molar-refractivity contribution < 1.29 is 22.9 Å². The van der Waals surface area contributed by atoms with Crippen molar-refractivity contribution in [3.63, 3.8) is 0 Å². The number of nitro groups is 1. The topological polar surface area (TPSA) is 156 Å². The van der Waals surface area contributed by atoms with E-state index in [-0.39, 0.29) is 28.0 Å². The number of halogens is 1. The van der Waals surface area contributed by atoms with Crippen LogP contribution in [0.25, 0.3) is 16.5 Å². The van der Waals surface area contributed by atoms with Gasteiger partial charge in [0.2, 0.25) is 0 Å². The van der Waals surface area contributed by atoms with E-state index < -0.39 is 31.4 Å². The molecule has 0 saturated carbocycles. The predicted molar refractivity (Wildman–Crippen MR) is 259 cm³/mol. The Morgan fingerprint density at radius 1 is 0.923 bits per heavy atom. The molecule has 1 aliphatic carbocycles. The standard InChI is InChI=1S/C49H59ClN8O6S/c1-48(2)18-16-36(42(31-48)34-6-8-37(50)9-7-34)32-56-24-26-57(27-25-56)38-10-13-41(46(29-38)64-39-11-14-43-35(28-39)17-21-51-43)47(59)53-65(62,63)40-12-15-44(45(30-40)58(60)61)52-33-49(54(3)4)19-22-55(5)23-20-49/h6-15,17,21,28-30,51-52H,16,18-20,22-27,31-33H2,1-5H3,(H,53,59). The number of rotatable bonds is 14. The molecule has 4 aromatic carbocycles. The number of likely N-dealkylation sites (tertiary alicyclic amines) is 1. The number of anilines is 2. The number of sulfonamides is 1. The van der Waals surface area contributed by atoms with Crippen molar-refractivity contribution >= 4 is 61.1 Å². The molecule has 5 aromatic rings. The second-order valence-electron chi connectivity index (χ2n) is 18.8. The third-order valence-corrected chi connectivity index (χ3v) is 15.3. The Morgan fingerprint density at radius 3 is 2.37 bits per heavy atom. The maximum atomic E-state index is 14.0. The maximum absolute atomic E-state index is 14.0. The number of aromatic nitrogens is 1. The number of carbonyl (C=O) groups excluding carboxylic acids is 1. The third kappa shape index (κ3) is 10.5. The fourth-order valence-corrected chi connectivity index (χ4v) is 10.5. The van der Waals surface area contributed by atoms with Gasteiger partial charge < -0.3 is 29.7 Å². The average molecular weight is 924 g/mol. The number of amides is 1. The molecule has 1 amide bonds. The zero-order valence-electron chi connectivity index (χ0n) is 37.8. The fraction of sp³-hybridized carbons (Fsp3) is 0.408. The number of nitrogens with zero attached hydrogens (tertiary/aromatic N) is 5. The molecular weight excluding hydrogens is 864 g/mol. The number of H-pyrrole nitrogens is 1. The van der Waals surface area contributed by atoms with Crippen molar-refractivity contribution in [1.82, 2.24) is 24.4 Å². The molecule has 2 fully saturated rings. The Bertz CT molecular complexity index is 2700. The molecule has 16 heteroatoms. The highest BCUT2D eigenvalue weighted by Crippen LogP contribution is 2.44. The number of likely N-dealkylation sites (N-methyl/N-ethyl adjacent to an activating group) is 1. The molecule has 3 aliphatic rings. The molecule has 0 radical (unpaired) electrons. The highest BCUT2D eigenvalue weighted by molar-refractivity contribution is 7.90. The van der Waals surface area contributed by atoms with E-state index in [1.54, 1.807) is 24.3 Å². The minimum Gasteiger partial charge on any atom is -0.456 e. The largest absolute Gasteiger partial charge is 0.456 e. The van der Waals surface area contributed by atoms with Crippen molar-refractivity contribution in [2.24, 2.45) is 5.41 Å². The summed E-state index contributed by atoms with van der Waals surface area (Å²) < 4.78 is 36.3. The van der Waals surface area contributed by atoms with E-state index in [0.29, 0.717) is 12.3 Å². The summed E-state index contributed by atoms with van der Waals surface area (Å²) in [6, 6.07) is 24.4. The first-order valence-corrected chi connectivity index (χ1v) is 24.1. The van der Waals surface area contributed by atoms with Crippen molar-refractivity contribution in [3.8, 4) is 11.5 Å². The normalized spacial score (nSPS) is 18.2. The maximum Gasteiger partial charge on any atom is 0.293 e. The summed E-state index contributed by atoms with van der Waals surface area (Å²) in [5.41, 5.74) is 5.65. The number of piperidine rings is 1. The first-order chi connectivity index (χ1) is 31.0. The Hall–Kier alpha value is -5.45. The zero-order valence-corrected chi connectivity index (χ0v) is 39.4. The summed E-state index contributed by atoms with van der Waals surface area (Å²) in [6.45, 7) is 10.9. The van der Waals surface area contributed by atoms with Crippen LogP contribution >= 0.6 is 11.6 Å². The highest BCUT2D eigenvalue weighted by atomic mass is 35.5. The molecule has 14 nitrogen and oxygen atoms in total. The average Bonchev–Trinajstić information content (AvgIpc) is 3.75. The van der Waals surface area contributed by atoms with E-state index in [4.69, 9.17) is 16.3 Å². The molecule has 3 N–H and O–H groups in total. The van der Waals surface area contributed by atoms with Gasteiger partial charge in [-0.25, -0.2) is 13.1 Å². The van der Waals surface area contributed by atoms with E-state index in [1.807, 2.05) is 50.6 Å². The first kappa shape index (κ1) is 46.1. The number of nitrogens with one attached hydrogen (secondary N) is 3. The summed E-state index contributed by atoms with van der Waals surface area (Å²) >= 11 is 6.25. The number of aromatic amines is 1. The SMILES string of the molecule is CN1CCC(CNc2ccc(S(=O)(=O)NC(=O)c3ccc(N4CCN(CC5=C(c6ccc(Cl)cc6)CC(C)(C)CC5)CC4)cc3Oc3ccc4[nH]ccc4c3)cc2[N+](=O)[O-])(N(C)C)CC1. The van der Waals surface area contributed by atoms with Crippen LogP contribution in [0.5, 0.6) is 11.5 Å². The Labute approximate surface area is 386 Å². The zero-order chi connectivity index (χ0) is 46.1. The number of piperazine rings is 1. The molecule has 0 atom stereocenters. The quantitative estimate of drug-likeness (QED) is 0.0723. The van der Waals surface area contributed by atoms with Crippen LogP contribution in [-0.2, 0) is 10.0 Å². The second kappa shape index (κ2) is 18.8. The summed E-state index contributed by atoms with van der Waals surface area (Å²) in [5.74, 6) is -0.296. The van der Waals surface area contributed by atoms with Crippen LogP contribution in [0.15, 0.2) is 102 Å². The van der Waals surface area contributed by atoms with Crippen LogP contribution in [0.3, 0.4) is 0 Å². The number of benzene rings is 4. The van der Waals surface area contributed by atoms with Gasteiger partial charge in [0.25, 0.3) is 21.6 Å². The Kier molecular flexibility index (Phi) is 13.3. The lowest BCUT2D eigenvalue weighted by atomic mass is 9.72. The van der Waals surface area contributed by atoms with E-state index in [9.17, 15) is 23.3 Å². The lowest BCUT2D eigenvalue weighted by Crippen LogP contribution is -2.55. The first-order valence-electron chi connectivity index (χ1n) is 22.3. The van der Waals surface area contributed by atoms with Crippen LogP contribution in [0.1, 0.15) is 61.9 Å². The number of carbonyl (C=O) groups is 1. The summed E-state index contributed by atoms with van der Waals surface area (Å²) in [4.78, 5) is 37.7. The summed E-state index contributed by atoms with van der Waals surface area (Å²) in [6.07, 6.45) is 6.76. The minimum atomic E-state index is -4.57. The summed E-state index contributed by atoms with van der Waals surface area (Å²) in [5, 5.41) is 17.2. The molecule has 8 rings (SSSR count). The molecule has 2 aliphatic heterocycles. The highest BCUT2D eigenvalue weighted by Gasteiger charge is 2.37. The molecule has 3 heterocycles. The van der Waals surface area contributed by atoms with Crippen LogP contribution < -0.4 is 19.7 Å². The van der Waals surface area contributed by atoms with E-state index >= 15 is 0 Å². The van der Waals surface area contributed by atoms with Gasteiger partial charge >= 0.3 is 0 Å². The summed E-state index contributed by atoms with van der Waals surface area (Å²) in [7, 11) is 1.50. The van der Waals surface area contributed by atoms with Crippen LogP contribution in [-0.4, -0.2) is 118 Å². The molecular formula is C49H59ClN8O6S. The third-order valence-electron chi connectivity index (χ3n) is 13.7. The predicted octanol–water partition coefficient (Wildman–Crippen LogP) is 8.86. The number of hydrogen-bond acceptors (Lipinski definition) is 11.